The molecule has 2 rings (SSSR count). The minimum Gasteiger partial charge on any atom is -0.356 e. The van der Waals surface area contributed by atoms with Crippen molar-refractivity contribution in [1.82, 2.24) is 20.5 Å². The van der Waals surface area contributed by atoms with Crippen molar-refractivity contribution in [3.05, 3.63) is 16.1 Å². The Balaban J connectivity index is 1.61. The molecular formula is C17H31N5S. The summed E-state index contributed by atoms with van der Waals surface area (Å²) in [5.74, 6) is 1.73. The van der Waals surface area contributed by atoms with E-state index in [4.69, 9.17) is 0 Å². The molecule has 0 saturated carbocycles. The van der Waals surface area contributed by atoms with Gasteiger partial charge in [0.1, 0.15) is 0 Å². The molecule has 1 aliphatic heterocycles. The Bertz CT molecular complexity index is 485. The van der Waals surface area contributed by atoms with Gasteiger partial charge in [0.25, 0.3) is 0 Å². The van der Waals surface area contributed by atoms with E-state index in [9.17, 15) is 0 Å². The van der Waals surface area contributed by atoms with Gasteiger partial charge in [-0.05, 0) is 31.7 Å². The normalized spacial score (nSPS) is 19.8. The van der Waals surface area contributed by atoms with Crippen LogP contribution in [-0.4, -0.2) is 55.6 Å². The quantitative estimate of drug-likeness (QED) is 0.591. The van der Waals surface area contributed by atoms with Crippen LogP contribution in [0.5, 0.6) is 0 Å². The summed E-state index contributed by atoms with van der Waals surface area (Å²) < 4.78 is 0. The highest BCUT2D eigenvalue weighted by Gasteiger charge is 2.15. The Kier molecular flexibility index (Phi) is 7.82. The molecule has 0 radical (unpaired) electrons. The lowest BCUT2D eigenvalue weighted by atomic mass is 10.0. The number of likely N-dealkylation sites (tertiary alicyclic amines) is 1. The Morgan fingerprint density at radius 3 is 2.96 bits per heavy atom. The number of nitrogens with one attached hydrogen (secondary N) is 2. The number of aromatic nitrogens is 1. The lowest BCUT2D eigenvalue weighted by molar-refractivity contribution is 0.187. The number of hydrogen-bond donors (Lipinski definition) is 2. The van der Waals surface area contributed by atoms with Crippen molar-refractivity contribution in [3.63, 3.8) is 0 Å². The predicted molar refractivity (Wildman–Crippen MR) is 99.4 cm³/mol. The van der Waals surface area contributed by atoms with Gasteiger partial charge >= 0.3 is 0 Å². The number of thiazole rings is 1. The van der Waals surface area contributed by atoms with Crippen LogP contribution in [0.25, 0.3) is 0 Å². The number of aryl methyl sites for hydroxylation is 1. The summed E-state index contributed by atoms with van der Waals surface area (Å²) >= 11 is 1.81. The lowest BCUT2D eigenvalue weighted by Gasteiger charge is -2.30. The lowest BCUT2D eigenvalue weighted by Crippen LogP contribution is -2.44. The molecule has 1 aliphatic rings. The van der Waals surface area contributed by atoms with Crippen LogP contribution in [-0.2, 0) is 12.8 Å². The van der Waals surface area contributed by atoms with Gasteiger partial charge in [0, 0.05) is 50.7 Å². The van der Waals surface area contributed by atoms with E-state index in [1.54, 1.807) is 0 Å². The Labute approximate surface area is 144 Å². The number of aliphatic imine (C=N–C) groups is 1. The van der Waals surface area contributed by atoms with Crippen LogP contribution in [0.3, 0.4) is 0 Å². The van der Waals surface area contributed by atoms with Gasteiger partial charge in [0.05, 0.1) is 5.01 Å². The van der Waals surface area contributed by atoms with Crippen molar-refractivity contribution in [1.29, 1.82) is 0 Å². The fraction of sp³-hybridized carbons (Fsp3) is 0.765. The molecule has 130 valence electrons. The smallest absolute Gasteiger partial charge is 0.191 e. The summed E-state index contributed by atoms with van der Waals surface area (Å²) in [5, 5.41) is 7.99. The van der Waals surface area contributed by atoms with Gasteiger partial charge in [-0.25, -0.2) is 4.98 Å². The average Bonchev–Trinajstić information content (AvgIpc) is 3.01. The topological polar surface area (TPSA) is 52.6 Å². The first kappa shape index (κ1) is 18.2. The van der Waals surface area contributed by atoms with E-state index in [1.807, 2.05) is 24.6 Å². The summed E-state index contributed by atoms with van der Waals surface area (Å²) in [6.45, 7) is 9.91. The van der Waals surface area contributed by atoms with Crippen LogP contribution >= 0.6 is 11.3 Å². The fourth-order valence-corrected chi connectivity index (χ4v) is 3.82. The van der Waals surface area contributed by atoms with Gasteiger partial charge in [-0.3, -0.25) is 4.99 Å². The molecule has 1 saturated heterocycles. The summed E-state index contributed by atoms with van der Waals surface area (Å²) in [4.78, 5) is 12.7. The first-order chi connectivity index (χ1) is 11.2. The van der Waals surface area contributed by atoms with Gasteiger partial charge in [0.2, 0.25) is 0 Å². The van der Waals surface area contributed by atoms with Gasteiger partial charge in [-0.1, -0.05) is 13.8 Å². The van der Waals surface area contributed by atoms with Gasteiger partial charge in [-0.2, -0.15) is 0 Å². The molecule has 6 heteroatoms. The van der Waals surface area contributed by atoms with Crippen LogP contribution in [0.1, 0.15) is 36.6 Å². The van der Waals surface area contributed by atoms with E-state index in [2.05, 4.69) is 39.4 Å². The Morgan fingerprint density at radius 2 is 2.26 bits per heavy atom. The third kappa shape index (κ3) is 6.47. The highest BCUT2D eigenvalue weighted by Crippen LogP contribution is 2.14. The van der Waals surface area contributed by atoms with Gasteiger partial charge < -0.3 is 15.5 Å². The molecule has 5 nitrogen and oxygen atoms in total. The van der Waals surface area contributed by atoms with E-state index < -0.39 is 0 Å². The number of piperidine rings is 1. The standard InChI is InChI=1S/C17H31N5S/c1-4-15-12-21-16(23-15)7-8-19-17(18-3)20-9-11-22-10-5-6-14(2)13-22/h12,14H,4-11,13H2,1-3H3,(H2,18,19,20). The largest absolute Gasteiger partial charge is 0.356 e. The third-order valence-corrected chi connectivity index (χ3v) is 5.47. The molecule has 0 aromatic carbocycles. The molecule has 0 aliphatic carbocycles. The molecule has 1 aromatic rings. The average molecular weight is 338 g/mol. The summed E-state index contributed by atoms with van der Waals surface area (Å²) in [7, 11) is 1.83. The molecule has 0 amide bonds. The molecule has 0 spiro atoms. The van der Waals surface area contributed by atoms with E-state index in [-0.39, 0.29) is 0 Å². The molecule has 2 heterocycles. The molecule has 23 heavy (non-hydrogen) atoms. The van der Waals surface area contributed by atoms with Gasteiger partial charge in [0.15, 0.2) is 5.96 Å². The minimum absolute atomic E-state index is 0.840. The van der Waals surface area contributed by atoms with Crippen molar-refractivity contribution in [3.8, 4) is 0 Å². The zero-order chi connectivity index (χ0) is 16.5. The maximum atomic E-state index is 4.45. The van der Waals surface area contributed by atoms with Crippen LogP contribution in [0.4, 0.5) is 0 Å². The molecule has 1 atom stereocenters. The molecule has 1 fully saturated rings. The second-order valence-corrected chi connectivity index (χ2v) is 7.50. The van der Waals surface area contributed by atoms with Gasteiger partial charge in [-0.15, -0.1) is 11.3 Å². The molecule has 1 unspecified atom stereocenters. The first-order valence-electron chi connectivity index (χ1n) is 8.81. The Hall–Kier alpha value is -1.14. The highest BCUT2D eigenvalue weighted by molar-refractivity contribution is 7.11. The maximum absolute atomic E-state index is 4.45. The van der Waals surface area contributed by atoms with Crippen molar-refractivity contribution >= 4 is 17.3 Å². The molecular weight excluding hydrogens is 306 g/mol. The number of nitrogens with zero attached hydrogens (tertiary/aromatic N) is 3. The SMILES string of the molecule is CCc1cnc(CCNC(=NC)NCCN2CCCC(C)C2)s1. The maximum Gasteiger partial charge on any atom is 0.191 e. The van der Waals surface area contributed by atoms with E-state index in [1.165, 1.54) is 35.8 Å². The van der Waals surface area contributed by atoms with E-state index in [0.29, 0.717) is 0 Å². The summed E-state index contributed by atoms with van der Waals surface area (Å²) in [6, 6.07) is 0. The minimum atomic E-state index is 0.840. The van der Waals surface area contributed by atoms with Crippen molar-refractivity contribution in [2.75, 3.05) is 39.8 Å². The van der Waals surface area contributed by atoms with Crippen LogP contribution in [0, 0.1) is 5.92 Å². The predicted octanol–water partition coefficient (Wildman–Crippen LogP) is 2.14. The second-order valence-electron chi connectivity index (χ2n) is 6.30. The zero-order valence-electron chi connectivity index (χ0n) is 14.8. The summed E-state index contributed by atoms with van der Waals surface area (Å²) in [6.07, 6.45) is 6.73. The van der Waals surface area contributed by atoms with Crippen LogP contribution in [0.2, 0.25) is 0 Å². The number of hydrogen-bond acceptors (Lipinski definition) is 4. The van der Waals surface area contributed by atoms with Crippen molar-refractivity contribution < 1.29 is 0 Å². The highest BCUT2D eigenvalue weighted by atomic mass is 32.1. The van der Waals surface area contributed by atoms with Crippen molar-refractivity contribution in [2.24, 2.45) is 10.9 Å². The molecule has 0 bridgehead atoms. The first-order valence-corrected chi connectivity index (χ1v) is 9.63. The third-order valence-electron chi connectivity index (χ3n) is 4.27. The number of rotatable bonds is 7. The van der Waals surface area contributed by atoms with E-state index in [0.717, 1.165) is 44.4 Å². The zero-order valence-corrected chi connectivity index (χ0v) is 15.6. The second kappa shape index (κ2) is 9.88. The Morgan fingerprint density at radius 1 is 1.43 bits per heavy atom. The van der Waals surface area contributed by atoms with Crippen LogP contribution in [0.15, 0.2) is 11.2 Å². The number of guanidine groups is 1. The monoisotopic (exact) mass is 337 g/mol. The fourth-order valence-electron chi connectivity index (χ4n) is 2.96. The summed E-state index contributed by atoms with van der Waals surface area (Å²) in [5.41, 5.74) is 0. The molecule has 1 aromatic heterocycles. The van der Waals surface area contributed by atoms with Crippen molar-refractivity contribution in [2.45, 2.75) is 39.5 Å². The van der Waals surface area contributed by atoms with E-state index >= 15 is 0 Å². The van der Waals surface area contributed by atoms with Crippen LogP contribution < -0.4 is 10.6 Å². The molecule has 2 N–H and O–H groups in total.